The first-order valence-corrected chi connectivity index (χ1v) is 9.17. The summed E-state index contributed by atoms with van der Waals surface area (Å²) in [6.45, 7) is 4.96. The number of ether oxygens (including phenoxy) is 2. The number of carbonyl (C=O) groups is 2. The fourth-order valence-corrected chi connectivity index (χ4v) is 2.96. The quantitative estimate of drug-likeness (QED) is 0.548. The Morgan fingerprint density at radius 1 is 1.12 bits per heavy atom. The van der Waals surface area contributed by atoms with Crippen LogP contribution in [0.4, 0.5) is 0 Å². The molecule has 0 spiro atoms. The molecule has 25 heavy (non-hydrogen) atoms. The highest BCUT2D eigenvalue weighted by Gasteiger charge is 2.07. The number of hydrogen-bond acceptors (Lipinski definition) is 5. The van der Waals surface area contributed by atoms with Crippen molar-refractivity contribution in [2.45, 2.75) is 26.7 Å². The molecule has 0 fully saturated rings. The zero-order chi connectivity index (χ0) is 18.1. The summed E-state index contributed by atoms with van der Waals surface area (Å²) in [4.78, 5) is 23.4. The first-order chi connectivity index (χ1) is 12.1. The van der Waals surface area contributed by atoms with Crippen LogP contribution in [0.25, 0.3) is 0 Å². The summed E-state index contributed by atoms with van der Waals surface area (Å²) in [5.41, 5.74) is 2.77. The van der Waals surface area contributed by atoms with Gasteiger partial charge in [-0.3, -0.25) is 9.59 Å². The Labute approximate surface area is 152 Å². The summed E-state index contributed by atoms with van der Waals surface area (Å²) >= 11 is 1.48. The van der Waals surface area contributed by atoms with E-state index in [2.05, 4.69) is 5.32 Å². The van der Waals surface area contributed by atoms with E-state index in [0.29, 0.717) is 25.1 Å². The van der Waals surface area contributed by atoms with E-state index >= 15 is 0 Å². The first kappa shape index (κ1) is 19.0. The molecule has 0 radical (unpaired) electrons. The molecular weight excluding hydrogens is 338 g/mol. The fourth-order valence-electron chi connectivity index (χ4n) is 2.33. The lowest BCUT2D eigenvalue weighted by Crippen LogP contribution is -2.24. The predicted octanol–water partition coefficient (Wildman–Crippen LogP) is 3.50. The van der Waals surface area contributed by atoms with Gasteiger partial charge in [0, 0.05) is 23.9 Å². The largest absolute Gasteiger partial charge is 0.489 e. The van der Waals surface area contributed by atoms with E-state index < -0.39 is 0 Å². The van der Waals surface area contributed by atoms with Gasteiger partial charge in [-0.05, 0) is 42.8 Å². The van der Waals surface area contributed by atoms with E-state index in [1.165, 1.54) is 11.3 Å². The average Bonchev–Trinajstić information content (AvgIpc) is 3.12. The molecule has 2 aromatic rings. The molecule has 1 aromatic carbocycles. The van der Waals surface area contributed by atoms with Gasteiger partial charge in [-0.2, -0.15) is 11.3 Å². The lowest BCUT2D eigenvalue weighted by molar-refractivity contribution is -0.144. The van der Waals surface area contributed by atoms with Crippen LogP contribution in [0.3, 0.4) is 0 Å². The number of hydrogen-bond donors (Lipinski definition) is 1. The van der Waals surface area contributed by atoms with Crippen molar-refractivity contribution in [1.82, 2.24) is 5.32 Å². The van der Waals surface area contributed by atoms with Crippen LogP contribution in [0.2, 0.25) is 0 Å². The van der Waals surface area contributed by atoms with Gasteiger partial charge in [-0.25, -0.2) is 0 Å². The Hall–Kier alpha value is -2.34. The van der Waals surface area contributed by atoms with Crippen molar-refractivity contribution in [3.63, 3.8) is 0 Å². The fraction of sp³-hybridized carbons (Fsp3) is 0.368. The normalized spacial score (nSPS) is 10.3. The second kappa shape index (κ2) is 9.84. The Balaban J connectivity index is 1.56. The van der Waals surface area contributed by atoms with Gasteiger partial charge in [0.25, 0.3) is 5.91 Å². The zero-order valence-electron chi connectivity index (χ0n) is 14.5. The Morgan fingerprint density at radius 2 is 1.88 bits per heavy atom. The number of aryl methyl sites for hydroxylation is 2. The number of esters is 1. The Kier molecular flexibility index (Phi) is 7.47. The molecule has 1 aromatic heterocycles. The minimum absolute atomic E-state index is 0.114. The second-order valence-corrected chi connectivity index (χ2v) is 6.44. The summed E-state index contributed by atoms with van der Waals surface area (Å²) in [6.07, 6.45) is 0.819. The minimum Gasteiger partial charge on any atom is -0.489 e. The van der Waals surface area contributed by atoms with E-state index in [1.54, 1.807) is 11.4 Å². The van der Waals surface area contributed by atoms with Gasteiger partial charge in [0.1, 0.15) is 19.0 Å². The number of nitrogens with one attached hydrogen (secondary N) is 1. The second-order valence-electron chi connectivity index (χ2n) is 5.66. The van der Waals surface area contributed by atoms with Crippen molar-refractivity contribution in [2.24, 2.45) is 0 Å². The molecule has 0 saturated carbocycles. The van der Waals surface area contributed by atoms with Gasteiger partial charge in [0.05, 0.1) is 0 Å². The van der Waals surface area contributed by atoms with Gasteiger partial charge in [-0.15, -0.1) is 0 Å². The molecule has 5 nitrogen and oxygen atoms in total. The van der Waals surface area contributed by atoms with Gasteiger partial charge in [-0.1, -0.05) is 18.2 Å². The van der Waals surface area contributed by atoms with Gasteiger partial charge in [0.15, 0.2) is 0 Å². The van der Waals surface area contributed by atoms with E-state index in [4.69, 9.17) is 9.47 Å². The third-order valence-electron chi connectivity index (χ3n) is 3.63. The summed E-state index contributed by atoms with van der Waals surface area (Å²) < 4.78 is 10.8. The number of carbonyl (C=O) groups excluding carboxylic acids is 2. The van der Waals surface area contributed by atoms with Crippen LogP contribution in [0.15, 0.2) is 35.0 Å². The summed E-state index contributed by atoms with van der Waals surface area (Å²) in [7, 11) is 0. The van der Waals surface area contributed by atoms with Crippen LogP contribution in [0.5, 0.6) is 5.75 Å². The van der Waals surface area contributed by atoms with Crippen molar-refractivity contribution in [1.29, 1.82) is 0 Å². The highest BCUT2D eigenvalue weighted by Crippen LogP contribution is 2.22. The average molecular weight is 361 g/mol. The Morgan fingerprint density at radius 3 is 2.56 bits per heavy atom. The molecule has 0 aliphatic rings. The number of benzene rings is 1. The van der Waals surface area contributed by atoms with Crippen LogP contribution in [0.1, 0.15) is 34.3 Å². The predicted molar refractivity (Wildman–Crippen MR) is 98.3 cm³/mol. The third kappa shape index (κ3) is 6.23. The third-order valence-corrected chi connectivity index (χ3v) is 4.31. The monoisotopic (exact) mass is 361 g/mol. The Bertz CT molecular complexity index is 677. The van der Waals surface area contributed by atoms with E-state index in [0.717, 1.165) is 16.9 Å². The van der Waals surface area contributed by atoms with Crippen molar-refractivity contribution < 1.29 is 19.1 Å². The highest BCUT2D eigenvalue weighted by molar-refractivity contribution is 7.08. The van der Waals surface area contributed by atoms with Crippen LogP contribution < -0.4 is 10.1 Å². The van der Waals surface area contributed by atoms with Crippen LogP contribution in [-0.2, 0) is 9.53 Å². The molecule has 1 heterocycles. The van der Waals surface area contributed by atoms with Crippen molar-refractivity contribution in [3.8, 4) is 5.75 Å². The molecular formula is C19H23NO4S. The highest BCUT2D eigenvalue weighted by atomic mass is 32.1. The van der Waals surface area contributed by atoms with Crippen LogP contribution in [-0.4, -0.2) is 31.6 Å². The topological polar surface area (TPSA) is 64.6 Å². The molecule has 0 aliphatic carbocycles. The smallest absolute Gasteiger partial charge is 0.305 e. The zero-order valence-corrected chi connectivity index (χ0v) is 15.4. The number of para-hydroxylation sites is 1. The molecule has 0 atom stereocenters. The van der Waals surface area contributed by atoms with Crippen molar-refractivity contribution >= 4 is 23.2 Å². The van der Waals surface area contributed by atoms with E-state index in [-0.39, 0.29) is 24.9 Å². The SMILES string of the molecule is Cc1cccc(C)c1OCCOC(=O)CCCNC(=O)c1ccsc1. The van der Waals surface area contributed by atoms with Crippen molar-refractivity contribution in [2.75, 3.05) is 19.8 Å². The first-order valence-electron chi connectivity index (χ1n) is 8.23. The molecule has 1 amide bonds. The lowest BCUT2D eigenvalue weighted by Gasteiger charge is -2.12. The molecule has 0 saturated heterocycles. The maximum atomic E-state index is 11.7. The van der Waals surface area contributed by atoms with Gasteiger partial charge >= 0.3 is 5.97 Å². The summed E-state index contributed by atoms with van der Waals surface area (Å²) in [5, 5.41) is 6.42. The lowest BCUT2D eigenvalue weighted by atomic mass is 10.1. The molecule has 0 unspecified atom stereocenters. The standard InChI is InChI=1S/C19H23NO4S/c1-14-5-3-6-15(2)18(14)24-11-10-23-17(21)7-4-9-20-19(22)16-8-12-25-13-16/h3,5-6,8,12-13H,4,7,9-11H2,1-2H3,(H,20,22). The van der Waals surface area contributed by atoms with Crippen molar-refractivity contribution in [3.05, 3.63) is 51.7 Å². The minimum atomic E-state index is -0.283. The summed E-state index contributed by atoms with van der Waals surface area (Å²) in [5.74, 6) is 0.446. The maximum Gasteiger partial charge on any atom is 0.305 e. The van der Waals surface area contributed by atoms with Crippen LogP contribution in [0, 0.1) is 13.8 Å². The van der Waals surface area contributed by atoms with Gasteiger partial charge < -0.3 is 14.8 Å². The molecule has 134 valence electrons. The molecule has 1 N–H and O–H groups in total. The molecule has 0 aliphatic heterocycles. The molecule has 6 heteroatoms. The number of amides is 1. The van der Waals surface area contributed by atoms with Gasteiger partial charge in [0.2, 0.25) is 0 Å². The number of rotatable bonds is 9. The molecule has 2 rings (SSSR count). The summed E-state index contributed by atoms with van der Waals surface area (Å²) in [6, 6.07) is 7.72. The van der Waals surface area contributed by atoms with E-state index in [1.807, 2.05) is 37.4 Å². The molecule has 0 bridgehead atoms. The number of thiophene rings is 1. The van der Waals surface area contributed by atoms with Crippen LogP contribution >= 0.6 is 11.3 Å². The van der Waals surface area contributed by atoms with E-state index in [9.17, 15) is 9.59 Å². The maximum absolute atomic E-state index is 11.7.